The van der Waals surface area contributed by atoms with E-state index in [1.165, 1.54) is 36.9 Å². The van der Waals surface area contributed by atoms with Gasteiger partial charge < -0.3 is 0 Å². The van der Waals surface area contributed by atoms with Crippen molar-refractivity contribution in [3.8, 4) is 0 Å². The number of halogens is 3. The lowest BCUT2D eigenvalue weighted by molar-refractivity contribution is 0.491. The molecule has 2 heterocycles. The third-order valence-electron chi connectivity index (χ3n) is 2.39. The first-order chi connectivity index (χ1) is 11.7. The molecule has 0 aromatic carbocycles. The molecule has 144 valence electrons. The van der Waals surface area contributed by atoms with E-state index in [9.17, 15) is 16.8 Å². The lowest BCUT2D eigenvalue weighted by Crippen LogP contribution is -2.40. The first-order valence-corrected chi connectivity index (χ1v) is 12.3. The van der Waals surface area contributed by atoms with Gasteiger partial charge in [0.1, 0.15) is 9.79 Å². The molecule has 0 atom stereocenters. The minimum atomic E-state index is -3.65. The normalized spacial score (nSPS) is 12.2. The van der Waals surface area contributed by atoms with Crippen LogP contribution in [0.2, 0.25) is 0 Å². The quantitative estimate of drug-likeness (QED) is 0.586. The van der Waals surface area contributed by atoms with Crippen molar-refractivity contribution in [2.45, 2.75) is 36.1 Å². The Morgan fingerprint density at radius 1 is 0.885 bits per heavy atom. The Balaban J connectivity index is 0.000000273. The van der Waals surface area contributed by atoms with Crippen LogP contribution in [0.25, 0.3) is 0 Å². The summed E-state index contributed by atoms with van der Waals surface area (Å²) in [4.78, 5) is 7.61. The Kier molecular flexibility index (Phi) is 8.18. The molecule has 0 fully saturated rings. The van der Waals surface area contributed by atoms with Gasteiger partial charge in [0.2, 0.25) is 10.0 Å². The van der Waals surface area contributed by atoms with E-state index in [4.69, 9.17) is 10.7 Å². The molecule has 1 N–H and O–H groups in total. The van der Waals surface area contributed by atoms with Crippen molar-refractivity contribution >= 4 is 61.6 Å². The summed E-state index contributed by atoms with van der Waals surface area (Å²) in [5, 5.41) is 0. The number of sulfonamides is 1. The van der Waals surface area contributed by atoms with Gasteiger partial charge in [-0.3, -0.25) is 9.97 Å². The molecule has 0 bridgehead atoms. The molecule has 2 rings (SSSR count). The third kappa shape index (κ3) is 8.40. The molecule has 0 aliphatic rings. The van der Waals surface area contributed by atoms with Crippen LogP contribution in [0.1, 0.15) is 20.8 Å². The van der Waals surface area contributed by atoms with E-state index in [0.29, 0.717) is 8.95 Å². The van der Waals surface area contributed by atoms with Crippen LogP contribution in [0.15, 0.2) is 55.7 Å². The largest absolute Gasteiger partial charge is 0.262 e. The van der Waals surface area contributed by atoms with Gasteiger partial charge >= 0.3 is 0 Å². The molecule has 0 aliphatic heterocycles. The van der Waals surface area contributed by atoms with Crippen LogP contribution in [0, 0.1) is 0 Å². The van der Waals surface area contributed by atoms with Gasteiger partial charge in [-0.2, -0.15) is 0 Å². The van der Waals surface area contributed by atoms with E-state index in [2.05, 4.69) is 46.5 Å². The van der Waals surface area contributed by atoms with Crippen LogP contribution in [0.3, 0.4) is 0 Å². The standard InChI is InChI=1S/C9H13BrN2O2S.C5H3BrClNO2S/c1-9(2,3)12-15(13,14)8-4-7(10)5-11-6-8;6-4-1-5(3-8-2-4)11(7,9)10/h4-6,12H,1-3H3;1-3H. The minimum Gasteiger partial charge on any atom is -0.262 e. The molecule has 0 radical (unpaired) electrons. The maximum Gasteiger partial charge on any atom is 0.262 e. The van der Waals surface area contributed by atoms with Crippen molar-refractivity contribution in [1.29, 1.82) is 0 Å². The lowest BCUT2D eigenvalue weighted by Gasteiger charge is -2.20. The first-order valence-electron chi connectivity index (χ1n) is 6.90. The maximum atomic E-state index is 11.8. The fraction of sp³-hybridized carbons (Fsp3) is 0.286. The molecule has 0 spiro atoms. The van der Waals surface area contributed by atoms with Crippen LogP contribution >= 0.6 is 42.5 Å². The second-order valence-electron chi connectivity index (χ2n) is 5.97. The zero-order chi connectivity index (χ0) is 20.2. The molecule has 0 amide bonds. The monoisotopic (exact) mass is 547 g/mol. The smallest absolute Gasteiger partial charge is 0.262 e. The molecule has 2 aromatic heterocycles. The van der Waals surface area contributed by atoms with E-state index in [1.54, 1.807) is 20.8 Å². The summed E-state index contributed by atoms with van der Waals surface area (Å²) in [6.07, 6.45) is 5.52. The summed E-state index contributed by atoms with van der Waals surface area (Å²) >= 11 is 6.25. The maximum absolute atomic E-state index is 11.8. The predicted octanol–water partition coefficient (Wildman–Crippen LogP) is 3.69. The highest BCUT2D eigenvalue weighted by Crippen LogP contribution is 2.17. The highest BCUT2D eigenvalue weighted by atomic mass is 79.9. The van der Waals surface area contributed by atoms with Crippen molar-refractivity contribution in [1.82, 2.24) is 14.7 Å². The zero-order valence-corrected chi connectivity index (χ0v) is 19.5. The average Bonchev–Trinajstić information content (AvgIpc) is 2.44. The van der Waals surface area contributed by atoms with Gasteiger partial charge in [-0.05, 0) is 64.8 Å². The second-order valence-corrected chi connectivity index (χ2v) is 12.1. The van der Waals surface area contributed by atoms with Crippen LogP contribution in [0.4, 0.5) is 0 Å². The van der Waals surface area contributed by atoms with E-state index in [1.807, 2.05) is 0 Å². The topological polar surface area (TPSA) is 106 Å². The van der Waals surface area contributed by atoms with Gasteiger partial charge in [0.15, 0.2) is 0 Å². The number of nitrogens with zero attached hydrogens (tertiary/aromatic N) is 2. The van der Waals surface area contributed by atoms with Crippen LogP contribution in [0.5, 0.6) is 0 Å². The average molecular weight is 550 g/mol. The van der Waals surface area contributed by atoms with E-state index in [-0.39, 0.29) is 9.79 Å². The molecule has 0 aliphatic carbocycles. The fourth-order valence-electron chi connectivity index (χ4n) is 1.53. The highest BCUT2D eigenvalue weighted by molar-refractivity contribution is 9.10. The summed E-state index contributed by atoms with van der Waals surface area (Å²) in [5.74, 6) is 0. The summed E-state index contributed by atoms with van der Waals surface area (Å²) < 4.78 is 48.8. The van der Waals surface area contributed by atoms with Gasteiger partial charge in [0, 0.05) is 50.0 Å². The number of aromatic nitrogens is 2. The van der Waals surface area contributed by atoms with Crippen molar-refractivity contribution in [3.63, 3.8) is 0 Å². The van der Waals surface area contributed by atoms with Crippen molar-refractivity contribution in [3.05, 3.63) is 45.9 Å². The summed E-state index contributed by atoms with van der Waals surface area (Å²) in [6, 6.07) is 2.90. The number of hydrogen-bond donors (Lipinski definition) is 1. The molecule has 7 nitrogen and oxygen atoms in total. The molecule has 0 unspecified atom stereocenters. The Morgan fingerprint density at radius 3 is 1.65 bits per heavy atom. The molecular weight excluding hydrogens is 534 g/mol. The molecular formula is C14H16Br2ClN3O4S2. The number of hydrogen-bond acceptors (Lipinski definition) is 6. The molecule has 12 heteroatoms. The van der Waals surface area contributed by atoms with E-state index >= 15 is 0 Å². The lowest BCUT2D eigenvalue weighted by atomic mass is 10.1. The number of pyridine rings is 2. The van der Waals surface area contributed by atoms with Crippen LogP contribution in [-0.2, 0) is 19.1 Å². The van der Waals surface area contributed by atoms with E-state index < -0.39 is 24.6 Å². The fourth-order valence-corrected chi connectivity index (χ4v) is 4.67. The Labute approximate surface area is 174 Å². The van der Waals surface area contributed by atoms with Gasteiger partial charge in [-0.25, -0.2) is 21.6 Å². The number of nitrogens with one attached hydrogen (secondary N) is 1. The van der Waals surface area contributed by atoms with Gasteiger partial charge in [-0.15, -0.1) is 0 Å². The second kappa shape index (κ2) is 9.07. The Bertz CT molecular complexity index is 978. The van der Waals surface area contributed by atoms with E-state index in [0.717, 1.165) is 0 Å². The third-order valence-corrected chi connectivity index (χ3v) is 6.31. The predicted molar refractivity (Wildman–Crippen MR) is 107 cm³/mol. The summed E-state index contributed by atoms with van der Waals surface area (Å²) in [5.41, 5.74) is -0.499. The minimum absolute atomic E-state index is 0.00598. The number of rotatable bonds is 3. The van der Waals surface area contributed by atoms with Gasteiger partial charge in [0.25, 0.3) is 9.05 Å². The van der Waals surface area contributed by atoms with Gasteiger partial charge in [-0.1, -0.05) is 0 Å². The van der Waals surface area contributed by atoms with Crippen molar-refractivity contribution in [2.24, 2.45) is 0 Å². The summed E-state index contributed by atoms with van der Waals surface area (Å²) in [6.45, 7) is 5.36. The Morgan fingerprint density at radius 2 is 1.31 bits per heavy atom. The Hall–Kier alpha value is -0.590. The highest BCUT2D eigenvalue weighted by Gasteiger charge is 2.22. The molecule has 0 saturated heterocycles. The SMILES string of the molecule is CC(C)(C)NS(=O)(=O)c1cncc(Br)c1.O=S(=O)(Cl)c1cncc(Br)c1. The van der Waals surface area contributed by atoms with Crippen molar-refractivity contribution in [2.75, 3.05) is 0 Å². The van der Waals surface area contributed by atoms with Crippen LogP contribution in [-0.4, -0.2) is 32.3 Å². The van der Waals surface area contributed by atoms with Crippen LogP contribution < -0.4 is 4.72 Å². The molecule has 0 saturated carbocycles. The zero-order valence-electron chi connectivity index (χ0n) is 13.9. The first kappa shape index (κ1) is 23.4. The van der Waals surface area contributed by atoms with Gasteiger partial charge in [0.05, 0.1) is 0 Å². The molecule has 26 heavy (non-hydrogen) atoms. The molecule has 2 aromatic rings. The van der Waals surface area contributed by atoms with Crippen molar-refractivity contribution < 1.29 is 16.8 Å². The summed E-state index contributed by atoms with van der Waals surface area (Å²) in [7, 11) is -2.09.